The molecular formula is C21H28ClN3O2. The standard InChI is InChI=1S/C21H27N3O2.ClH/c1-14(25)17-3-2-10-24(13-17)21(26)16-4-5-20-18(11-16)19(12-23-20)15-6-8-22-9-7-15;/h4-5,11-12,15,17,22-23H,2-3,6-10,13H2,1H3;1H. The molecule has 0 radical (unpaired) electrons. The maximum atomic E-state index is 13.0. The zero-order valence-electron chi connectivity index (χ0n) is 15.8. The lowest BCUT2D eigenvalue weighted by molar-refractivity contribution is -0.121. The monoisotopic (exact) mass is 389 g/mol. The first kappa shape index (κ1) is 19.9. The van der Waals surface area contributed by atoms with Crippen LogP contribution in [-0.2, 0) is 4.79 Å². The molecule has 2 saturated heterocycles. The summed E-state index contributed by atoms with van der Waals surface area (Å²) >= 11 is 0. The van der Waals surface area contributed by atoms with Crippen LogP contribution in [0.3, 0.4) is 0 Å². The van der Waals surface area contributed by atoms with E-state index >= 15 is 0 Å². The van der Waals surface area contributed by atoms with E-state index in [9.17, 15) is 9.59 Å². The van der Waals surface area contributed by atoms with E-state index in [1.807, 2.05) is 23.1 Å². The van der Waals surface area contributed by atoms with Crippen LogP contribution in [0.2, 0.25) is 0 Å². The van der Waals surface area contributed by atoms with E-state index in [1.165, 1.54) is 10.9 Å². The number of aromatic amines is 1. The lowest BCUT2D eigenvalue weighted by Gasteiger charge is -2.31. The van der Waals surface area contributed by atoms with Gasteiger partial charge in [-0.05, 0) is 75.4 Å². The highest BCUT2D eigenvalue weighted by Crippen LogP contribution is 2.32. The second-order valence-corrected chi connectivity index (χ2v) is 7.73. The quantitative estimate of drug-likeness (QED) is 0.844. The molecule has 2 aliphatic rings. The molecule has 1 amide bonds. The number of rotatable bonds is 3. The Hall–Kier alpha value is -1.85. The van der Waals surface area contributed by atoms with Crippen LogP contribution >= 0.6 is 12.4 Å². The van der Waals surface area contributed by atoms with Gasteiger partial charge in [-0.1, -0.05) is 0 Å². The van der Waals surface area contributed by atoms with Gasteiger partial charge in [0, 0.05) is 41.7 Å². The number of amides is 1. The molecule has 1 aromatic heterocycles. The molecule has 0 aliphatic carbocycles. The van der Waals surface area contributed by atoms with Crippen LogP contribution in [0.15, 0.2) is 24.4 Å². The summed E-state index contributed by atoms with van der Waals surface area (Å²) in [6, 6.07) is 5.97. The molecule has 2 fully saturated rings. The van der Waals surface area contributed by atoms with Gasteiger partial charge in [0.25, 0.3) is 5.91 Å². The summed E-state index contributed by atoms with van der Waals surface area (Å²) in [4.78, 5) is 29.9. The van der Waals surface area contributed by atoms with Gasteiger partial charge < -0.3 is 15.2 Å². The first-order valence-corrected chi connectivity index (χ1v) is 9.75. The molecule has 2 aliphatic heterocycles. The van der Waals surface area contributed by atoms with E-state index in [4.69, 9.17) is 0 Å². The number of ketones is 1. The minimum Gasteiger partial charge on any atom is -0.361 e. The second-order valence-electron chi connectivity index (χ2n) is 7.73. The van der Waals surface area contributed by atoms with Gasteiger partial charge in [0.15, 0.2) is 0 Å². The number of hydrogen-bond acceptors (Lipinski definition) is 3. The van der Waals surface area contributed by atoms with E-state index in [-0.39, 0.29) is 30.0 Å². The lowest BCUT2D eigenvalue weighted by atomic mass is 9.89. The summed E-state index contributed by atoms with van der Waals surface area (Å²) < 4.78 is 0. The summed E-state index contributed by atoms with van der Waals surface area (Å²) in [5, 5.41) is 4.58. The Morgan fingerprint density at radius 1 is 1.15 bits per heavy atom. The molecule has 0 bridgehead atoms. The third kappa shape index (κ3) is 4.04. The van der Waals surface area contributed by atoms with Crippen molar-refractivity contribution in [2.45, 2.75) is 38.5 Å². The van der Waals surface area contributed by atoms with Crippen LogP contribution in [0.5, 0.6) is 0 Å². The average molecular weight is 390 g/mol. The van der Waals surface area contributed by atoms with Gasteiger partial charge in [-0.3, -0.25) is 9.59 Å². The first-order chi connectivity index (χ1) is 12.6. The minimum absolute atomic E-state index is 0. The number of aromatic nitrogens is 1. The zero-order valence-corrected chi connectivity index (χ0v) is 16.6. The minimum atomic E-state index is -0.00557. The fourth-order valence-electron chi connectivity index (χ4n) is 4.42. The summed E-state index contributed by atoms with van der Waals surface area (Å²) in [6.07, 6.45) is 6.19. The summed E-state index contributed by atoms with van der Waals surface area (Å²) in [5.41, 5.74) is 3.16. The SMILES string of the molecule is CC(=O)C1CCCN(C(=O)c2ccc3[nH]cc(C4CCNCC4)c3c2)C1.Cl. The largest absolute Gasteiger partial charge is 0.361 e. The van der Waals surface area contributed by atoms with Crippen LogP contribution < -0.4 is 5.32 Å². The van der Waals surface area contributed by atoms with Crippen molar-refractivity contribution in [3.8, 4) is 0 Å². The van der Waals surface area contributed by atoms with Crippen LogP contribution in [0.25, 0.3) is 10.9 Å². The molecule has 146 valence electrons. The molecule has 1 unspecified atom stereocenters. The molecule has 1 atom stereocenters. The van der Waals surface area contributed by atoms with Crippen molar-refractivity contribution in [1.82, 2.24) is 15.2 Å². The number of piperidine rings is 2. The van der Waals surface area contributed by atoms with E-state index in [1.54, 1.807) is 6.92 Å². The Morgan fingerprint density at radius 2 is 1.93 bits per heavy atom. The van der Waals surface area contributed by atoms with Crippen LogP contribution in [0, 0.1) is 5.92 Å². The molecule has 0 spiro atoms. The van der Waals surface area contributed by atoms with Gasteiger partial charge in [-0.25, -0.2) is 0 Å². The Morgan fingerprint density at radius 3 is 2.67 bits per heavy atom. The molecule has 27 heavy (non-hydrogen) atoms. The Bertz CT molecular complexity index is 826. The number of carbonyl (C=O) groups is 2. The summed E-state index contributed by atoms with van der Waals surface area (Å²) in [5.74, 6) is 0.786. The highest BCUT2D eigenvalue weighted by Gasteiger charge is 2.27. The Kier molecular flexibility index (Phi) is 6.22. The van der Waals surface area contributed by atoms with E-state index in [0.717, 1.165) is 56.4 Å². The normalized spacial score (nSPS) is 21.1. The van der Waals surface area contributed by atoms with Crippen molar-refractivity contribution in [3.05, 3.63) is 35.5 Å². The number of H-pyrrole nitrogens is 1. The number of Topliss-reactive ketones (excluding diaryl/α,β-unsaturated/α-hetero) is 1. The number of carbonyl (C=O) groups excluding carboxylic acids is 2. The Labute approximate surface area is 166 Å². The molecule has 1 aromatic carbocycles. The molecule has 5 nitrogen and oxygen atoms in total. The number of nitrogens with one attached hydrogen (secondary N) is 2. The van der Waals surface area contributed by atoms with Crippen molar-refractivity contribution < 1.29 is 9.59 Å². The topological polar surface area (TPSA) is 65.2 Å². The van der Waals surface area contributed by atoms with Gasteiger partial charge in [-0.15, -0.1) is 12.4 Å². The molecular weight excluding hydrogens is 362 g/mol. The maximum absolute atomic E-state index is 13.0. The van der Waals surface area contributed by atoms with E-state index in [0.29, 0.717) is 12.5 Å². The zero-order chi connectivity index (χ0) is 18.1. The number of fused-ring (bicyclic) bond motifs is 1. The lowest BCUT2D eigenvalue weighted by Crippen LogP contribution is -2.41. The smallest absolute Gasteiger partial charge is 0.253 e. The third-order valence-electron chi connectivity index (χ3n) is 6.02. The van der Waals surface area contributed by atoms with Crippen molar-refractivity contribution >= 4 is 35.0 Å². The summed E-state index contributed by atoms with van der Waals surface area (Å²) in [6.45, 7) is 5.04. The van der Waals surface area contributed by atoms with Crippen LogP contribution in [0.4, 0.5) is 0 Å². The van der Waals surface area contributed by atoms with Crippen molar-refractivity contribution in [1.29, 1.82) is 0 Å². The predicted molar refractivity (Wildman–Crippen MR) is 110 cm³/mol. The van der Waals surface area contributed by atoms with Crippen molar-refractivity contribution in [2.75, 3.05) is 26.2 Å². The third-order valence-corrected chi connectivity index (χ3v) is 6.02. The fraction of sp³-hybridized carbons (Fsp3) is 0.524. The van der Waals surface area contributed by atoms with Gasteiger partial charge in [-0.2, -0.15) is 0 Å². The average Bonchev–Trinajstić information content (AvgIpc) is 3.11. The number of halogens is 1. The van der Waals surface area contributed by atoms with Crippen LogP contribution in [-0.4, -0.2) is 47.8 Å². The van der Waals surface area contributed by atoms with Crippen molar-refractivity contribution in [2.24, 2.45) is 5.92 Å². The second kappa shape index (κ2) is 8.44. The van der Waals surface area contributed by atoms with Gasteiger partial charge in [0.05, 0.1) is 0 Å². The predicted octanol–water partition coefficient (Wildman–Crippen LogP) is 3.50. The molecule has 2 aromatic rings. The highest BCUT2D eigenvalue weighted by atomic mass is 35.5. The molecule has 4 rings (SSSR count). The van der Waals surface area contributed by atoms with E-state index in [2.05, 4.69) is 16.5 Å². The van der Waals surface area contributed by atoms with E-state index < -0.39 is 0 Å². The molecule has 3 heterocycles. The van der Waals surface area contributed by atoms with Crippen molar-refractivity contribution in [3.63, 3.8) is 0 Å². The van der Waals surface area contributed by atoms with Crippen LogP contribution in [0.1, 0.15) is 54.4 Å². The Balaban J connectivity index is 0.00000210. The number of nitrogens with zero attached hydrogens (tertiary/aromatic N) is 1. The molecule has 2 N–H and O–H groups in total. The fourth-order valence-corrected chi connectivity index (χ4v) is 4.42. The highest BCUT2D eigenvalue weighted by molar-refractivity contribution is 5.99. The van der Waals surface area contributed by atoms with Gasteiger partial charge >= 0.3 is 0 Å². The number of likely N-dealkylation sites (tertiary alicyclic amines) is 1. The molecule has 0 saturated carbocycles. The molecule has 6 heteroatoms. The number of benzene rings is 1. The van der Waals surface area contributed by atoms with Gasteiger partial charge in [0.1, 0.15) is 5.78 Å². The number of hydrogen-bond donors (Lipinski definition) is 2. The first-order valence-electron chi connectivity index (χ1n) is 9.75. The summed E-state index contributed by atoms with van der Waals surface area (Å²) in [7, 11) is 0. The van der Waals surface area contributed by atoms with Gasteiger partial charge in [0.2, 0.25) is 0 Å². The maximum Gasteiger partial charge on any atom is 0.253 e.